The highest BCUT2D eigenvalue weighted by molar-refractivity contribution is 9.09. The molecule has 1 aromatic carbocycles. The van der Waals surface area contributed by atoms with Gasteiger partial charge >= 0.3 is 0 Å². The van der Waals surface area contributed by atoms with Gasteiger partial charge in [0.25, 0.3) is 0 Å². The third-order valence-corrected chi connectivity index (χ3v) is 7.84. The van der Waals surface area contributed by atoms with Crippen LogP contribution in [0.25, 0.3) is 0 Å². The lowest BCUT2D eigenvalue weighted by Crippen LogP contribution is -2.47. The van der Waals surface area contributed by atoms with E-state index in [4.69, 9.17) is 4.74 Å². The number of halogens is 1. The van der Waals surface area contributed by atoms with Crippen LogP contribution in [-0.4, -0.2) is 7.11 Å². The number of rotatable bonds is 3. The Labute approximate surface area is 136 Å². The monoisotopic (exact) mass is 348 g/mol. The molecule has 1 unspecified atom stereocenters. The molecule has 0 saturated heterocycles. The van der Waals surface area contributed by atoms with E-state index in [1.807, 2.05) is 0 Å². The van der Waals surface area contributed by atoms with E-state index in [-0.39, 0.29) is 0 Å². The minimum absolute atomic E-state index is 0.518. The van der Waals surface area contributed by atoms with Crippen LogP contribution in [0.15, 0.2) is 18.2 Å². The average molecular weight is 349 g/mol. The van der Waals surface area contributed by atoms with E-state index >= 15 is 0 Å². The SMILES string of the molecule is COc1ccc(C(Br)C23CC4CC(CC(C4)C2)C3)c(C)c1. The molecule has 2 heteroatoms. The molecular formula is C19H25BrO. The summed E-state index contributed by atoms with van der Waals surface area (Å²) >= 11 is 4.13. The molecule has 5 rings (SSSR count). The van der Waals surface area contributed by atoms with Gasteiger partial charge in [0.1, 0.15) is 5.75 Å². The second-order valence-corrected chi connectivity index (χ2v) is 8.78. The zero-order valence-corrected chi connectivity index (χ0v) is 14.7. The molecule has 0 spiro atoms. The largest absolute Gasteiger partial charge is 0.497 e. The second-order valence-electron chi connectivity index (χ2n) is 7.87. The summed E-state index contributed by atoms with van der Waals surface area (Å²) in [6, 6.07) is 6.59. The Balaban J connectivity index is 1.66. The summed E-state index contributed by atoms with van der Waals surface area (Å²) < 4.78 is 5.36. The summed E-state index contributed by atoms with van der Waals surface area (Å²) in [7, 11) is 1.75. The van der Waals surface area contributed by atoms with Gasteiger partial charge in [0.05, 0.1) is 7.11 Å². The second kappa shape index (κ2) is 5.01. The van der Waals surface area contributed by atoms with Gasteiger partial charge in [0.2, 0.25) is 0 Å². The van der Waals surface area contributed by atoms with Gasteiger partial charge in [-0.05, 0) is 91.9 Å². The molecule has 4 saturated carbocycles. The predicted octanol–water partition coefficient (Wildman–Crippen LogP) is 5.66. The molecule has 4 fully saturated rings. The molecule has 0 aliphatic heterocycles. The zero-order valence-electron chi connectivity index (χ0n) is 13.1. The standard InChI is InChI=1S/C19H25BrO/c1-12-5-16(21-2)3-4-17(12)18(20)19-9-13-6-14(10-19)8-15(7-13)11-19/h3-5,13-15,18H,6-11H2,1-2H3. The van der Waals surface area contributed by atoms with Crippen LogP contribution < -0.4 is 4.74 Å². The van der Waals surface area contributed by atoms with E-state index in [0.29, 0.717) is 10.2 Å². The molecule has 0 amide bonds. The predicted molar refractivity (Wildman–Crippen MR) is 90.0 cm³/mol. The molecule has 1 aromatic rings. The highest BCUT2D eigenvalue weighted by Crippen LogP contribution is 2.66. The minimum atomic E-state index is 0.518. The van der Waals surface area contributed by atoms with E-state index in [0.717, 1.165) is 23.5 Å². The fourth-order valence-corrected chi connectivity index (χ4v) is 6.95. The topological polar surface area (TPSA) is 9.23 Å². The summed E-state index contributed by atoms with van der Waals surface area (Å²) in [5.74, 6) is 4.00. The first-order valence-electron chi connectivity index (χ1n) is 8.38. The molecule has 0 heterocycles. The van der Waals surface area contributed by atoms with E-state index in [9.17, 15) is 0 Å². The normalized spacial score (nSPS) is 38.5. The molecular weight excluding hydrogens is 324 g/mol. The van der Waals surface area contributed by atoms with Gasteiger partial charge in [-0.25, -0.2) is 0 Å². The smallest absolute Gasteiger partial charge is 0.119 e. The molecule has 0 N–H and O–H groups in total. The first kappa shape index (κ1) is 14.1. The Bertz CT molecular complexity index is 515. The number of methoxy groups -OCH3 is 1. The minimum Gasteiger partial charge on any atom is -0.497 e. The maximum Gasteiger partial charge on any atom is 0.119 e. The fraction of sp³-hybridized carbons (Fsp3) is 0.684. The van der Waals surface area contributed by atoms with Crippen LogP contribution >= 0.6 is 15.9 Å². The number of hydrogen-bond acceptors (Lipinski definition) is 1. The van der Waals surface area contributed by atoms with Crippen molar-refractivity contribution >= 4 is 15.9 Å². The molecule has 1 atom stereocenters. The number of hydrogen-bond donors (Lipinski definition) is 0. The van der Waals surface area contributed by atoms with E-state index < -0.39 is 0 Å². The van der Waals surface area contributed by atoms with Crippen molar-refractivity contribution in [2.45, 2.75) is 50.3 Å². The van der Waals surface area contributed by atoms with Gasteiger partial charge in [-0.15, -0.1) is 0 Å². The Morgan fingerprint density at radius 2 is 1.67 bits per heavy atom. The highest BCUT2D eigenvalue weighted by atomic mass is 79.9. The maximum atomic E-state index is 5.36. The number of benzene rings is 1. The fourth-order valence-electron chi connectivity index (χ4n) is 5.88. The summed E-state index contributed by atoms with van der Waals surface area (Å²) in [6.45, 7) is 2.23. The first-order chi connectivity index (χ1) is 10.1. The zero-order chi connectivity index (χ0) is 14.6. The molecule has 21 heavy (non-hydrogen) atoms. The van der Waals surface area contributed by atoms with E-state index in [2.05, 4.69) is 41.1 Å². The Kier molecular flexibility index (Phi) is 3.37. The number of ether oxygens (including phenoxy) is 1. The van der Waals surface area contributed by atoms with Crippen molar-refractivity contribution in [2.24, 2.45) is 23.2 Å². The van der Waals surface area contributed by atoms with Gasteiger partial charge in [-0.2, -0.15) is 0 Å². The molecule has 4 bridgehead atoms. The molecule has 4 aliphatic rings. The summed E-state index contributed by atoms with van der Waals surface area (Å²) in [5, 5.41) is 0. The molecule has 4 aliphatic carbocycles. The third kappa shape index (κ3) is 2.25. The van der Waals surface area contributed by atoms with Gasteiger partial charge < -0.3 is 4.74 Å². The van der Waals surface area contributed by atoms with Crippen LogP contribution in [0.2, 0.25) is 0 Å². The lowest BCUT2D eigenvalue weighted by atomic mass is 9.48. The Hall–Kier alpha value is -0.500. The number of alkyl halides is 1. The Morgan fingerprint density at radius 3 is 2.14 bits per heavy atom. The maximum absolute atomic E-state index is 5.36. The summed E-state index contributed by atoms with van der Waals surface area (Å²) in [6.07, 6.45) is 8.88. The van der Waals surface area contributed by atoms with Crippen molar-refractivity contribution < 1.29 is 4.74 Å². The highest BCUT2D eigenvalue weighted by Gasteiger charge is 2.54. The van der Waals surface area contributed by atoms with Crippen molar-refractivity contribution in [3.05, 3.63) is 29.3 Å². The van der Waals surface area contributed by atoms with Crippen LogP contribution in [0.4, 0.5) is 0 Å². The summed E-state index contributed by atoms with van der Waals surface area (Å²) in [5.41, 5.74) is 3.37. The van der Waals surface area contributed by atoms with Crippen LogP contribution in [0, 0.1) is 30.1 Å². The molecule has 0 aromatic heterocycles. The van der Waals surface area contributed by atoms with Gasteiger partial charge in [0, 0.05) is 4.83 Å². The summed E-state index contributed by atoms with van der Waals surface area (Å²) in [4.78, 5) is 0.518. The van der Waals surface area contributed by atoms with Crippen LogP contribution in [0.3, 0.4) is 0 Å². The lowest BCUT2D eigenvalue weighted by molar-refractivity contribution is -0.0529. The van der Waals surface area contributed by atoms with Crippen molar-refractivity contribution in [3.63, 3.8) is 0 Å². The lowest BCUT2D eigenvalue weighted by Gasteiger charge is -2.58. The van der Waals surface area contributed by atoms with Crippen LogP contribution in [-0.2, 0) is 0 Å². The molecule has 0 radical (unpaired) electrons. The number of aryl methyl sites for hydroxylation is 1. The van der Waals surface area contributed by atoms with Gasteiger partial charge in [0.15, 0.2) is 0 Å². The molecule has 114 valence electrons. The van der Waals surface area contributed by atoms with Crippen molar-refractivity contribution in [1.29, 1.82) is 0 Å². The average Bonchev–Trinajstić information content (AvgIpc) is 2.45. The third-order valence-electron chi connectivity index (χ3n) is 6.37. The van der Waals surface area contributed by atoms with Crippen molar-refractivity contribution in [3.8, 4) is 5.75 Å². The van der Waals surface area contributed by atoms with E-state index in [1.165, 1.54) is 49.7 Å². The van der Waals surface area contributed by atoms with Gasteiger partial charge in [-0.1, -0.05) is 22.0 Å². The Morgan fingerprint density at radius 1 is 1.10 bits per heavy atom. The van der Waals surface area contributed by atoms with E-state index in [1.54, 1.807) is 7.11 Å². The van der Waals surface area contributed by atoms with Gasteiger partial charge in [-0.3, -0.25) is 0 Å². The first-order valence-corrected chi connectivity index (χ1v) is 9.30. The quantitative estimate of drug-likeness (QED) is 0.640. The van der Waals surface area contributed by atoms with Crippen LogP contribution in [0.1, 0.15) is 54.5 Å². The van der Waals surface area contributed by atoms with Crippen molar-refractivity contribution in [2.75, 3.05) is 7.11 Å². The van der Waals surface area contributed by atoms with Crippen molar-refractivity contribution in [1.82, 2.24) is 0 Å². The van der Waals surface area contributed by atoms with Crippen LogP contribution in [0.5, 0.6) is 5.75 Å². The molecule has 1 nitrogen and oxygen atoms in total.